The number of sulfonamides is 1. The topological polar surface area (TPSA) is 127 Å². The third-order valence-corrected chi connectivity index (χ3v) is 2.44. The lowest BCUT2D eigenvalue weighted by molar-refractivity contribution is 0.250. The standard InChI is InChI=1S/C7H10N4O3S/c8-7(12)11-10-5-1-3-6(4-2-5)15(9,13)14/h1-4,10H,(H3,8,11,12)(H2,9,13,14). The Morgan fingerprint density at radius 1 is 1.20 bits per heavy atom. The van der Waals surface area contributed by atoms with Gasteiger partial charge < -0.3 is 5.73 Å². The molecule has 7 nitrogen and oxygen atoms in total. The Morgan fingerprint density at radius 2 is 1.73 bits per heavy atom. The highest BCUT2D eigenvalue weighted by Gasteiger charge is 2.06. The summed E-state index contributed by atoms with van der Waals surface area (Å²) < 4.78 is 21.8. The second-order valence-electron chi connectivity index (χ2n) is 2.68. The number of hydrogen-bond acceptors (Lipinski definition) is 4. The van der Waals surface area contributed by atoms with Crippen LogP contribution < -0.4 is 21.7 Å². The molecule has 6 N–H and O–H groups in total. The van der Waals surface area contributed by atoms with Crippen molar-refractivity contribution in [3.05, 3.63) is 24.3 Å². The van der Waals surface area contributed by atoms with Crippen molar-refractivity contribution in [2.75, 3.05) is 5.43 Å². The molecule has 0 fully saturated rings. The molecule has 0 aliphatic heterocycles. The molecule has 1 aromatic rings. The van der Waals surface area contributed by atoms with Crippen LogP contribution in [0.4, 0.5) is 10.5 Å². The minimum absolute atomic E-state index is 0.00729. The number of hydrogen-bond donors (Lipinski definition) is 4. The lowest BCUT2D eigenvalue weighted by Gasteiger charge is -2.06. The number of carbonyl (C=O) groups excluding carboxylic acids is 1. The number of nitrogens with one attached hydrogen (secondary N) is 2. The van der Waals surface area contributed by atoms with E-state index < -0.39 is 16.1 Å². The van der Waals surface area contributed by atoms with Gasteiger partial charge in [-0.05, 0) is 24.3 Å². The van der Waals surface area contributed by atoms with E-state index in [2.05, 4.69) is 10.9 Å². The van der Waals surface area contributed by atoms with E-state index in [1.165, 1.54) is 24.3 Å². The van der Waals surface area contributed by atoms with Crippen molar-refractivity contribution in [3.63, 3.8) is 0 Å². The number of hydrazine groups is 1. The van der Waals surface area contributed by atoms with E-state index in [0.717, 1.165) is 0 Å². The monoisotopic (exact) mass is 230 g/mol. The van der Waals surface area contributed by atoms with Crippen molar-refractivity contribution < 1.29 is 13.2 Å². The fourth-order valence-corrected chi connectivity index (χ4v) is 1.38. The molecule has 0 unspecified atom stereocenters. The Hall–Kier alpha value is -1.80. The first kappa shape index (κ1) is 11.3. The molecule has 0 saturated carbocycles. The van der Waals surface area contributed by atoms with Gasteiger partial charge in [0.05, 0.1) is 10.6 Å². The first-order valence-corrected chi connectivity index (χ1v) is 5.38. The maximum atomic E-state index is 10.9. The summed E-state index contributed by atoms with van der Waals surface area (Å²) in [5.74, 6) is 0. The summed E-state index contributed by atoms with van der Waals surface area (Å²) >= 11 is 0. The quantitative estimate of drug-likeness (QED) is 0.513. The van der Waals surface area contributed by atoms with Crippen LogP contribution in [0.25, 0.3) is 0 Å². The van der Waals surface area contributed by atoms with Crippen molar-refractivity contribution in [2.24, 2.45) is 10.9 Å². The Morgan fingerprint density at radius 3 is 2.13 bits per heavy atom. The van der Waals surface area contributed by atoms with E-state index in [9.17, 15) is 13.2 Å². The molecule has 1 aromatic carbocycles. The van der Waals surface area contributed by atoms with Crippen LogP contribution in [-0.4, -0.2) is 14.4 Å². The Labute approximate surface area is 86.5 Å². The lowest BCUT2D eigenvalue weighted by atomic mass is 10.3. The number of primary sulfonamides is 1. The number of amides is 2. The molecule has 15 heavy (non-hydrogen) atoms. The van der Waals surface area contributed by atoms with Crippen molar-refractivity contribution in [2.45, 2.75) is 4.90 Å². The molecule has 0 radical (unpaired) electrons. The van der Waals surface area contributed by atoms with Crippen molar-refractivity contribution >= 4 is 21.7 Å². The molecule has 0 bridgehead atoms. The second-order valence-corrected chi connectivity index (χ2v) is 4.25. The Kier molecular flexibility index (Phi) is 3.12. The van der Waals surface area contributed by atoms with Gasteiger partial charge in [-0.3, -0.25) is 10.9 Å². The summed E-state index contributed by atoms with van der Waals surface area (Å²) in [6.07, 6.45) is 0. The van der Waals surface area contributed by atoms with E-state index >= 15 is 0 Å². The second kappa shape index (κ2) is 4.15. The van der Waals surface area contributed by atoms with Crippen LogP contribution in [0.15, 0.2) is 29.2 Å². The van der Waals surface area contributed by atoms with Gasteiger partial charge in [-0.15, -0.1) is 0 Å². The molecular formula is C7H10N4O3S. The number of primary amides is 1. The van der Waals surface area contributed by atoms with Crippen LogP contribution >= 0.6 is 0 Å². The third-order valence-electron chi connectivity index (χ3n) is 1.51. The molecular weight excluding hydrogens is 220 g/mol. The molecule has 0 aromatic heterocycles. The molecule has 2 amide bonds. The molecule has 0 aliphatic rings. The van der Waals surface area contributed by atoms with Crippen molar-refractivity contribution in [3.8, 4) is 0 Å². The van der Waals surface area contributed by atoms with E-state index in [-0.39, 0.29) is 4.90 Å². The smallest absolute Gasteiger partial charge is 0.330 e. The van der Waals surface area contributed by atoms with Crippen LogP contribution in [0.1, 0.15) is 0 Å². The molecule has 0 spiro atoms. The number of rotatable bonds is 3. The summed E-state index contributed by atoms with van der Waals surface area (Å²) in [5, 5.41) is 4.89. The van der Waals surface area contributed by atoms with Crippen LogP contribution in [0.5, 0.6) is 0 Å². The van der Waals surface area contributed by atoms with Gasteiger partial charge >= 0.3 is 6.03 Å². The van der Waals surface area contributed by atoms with Gasteiger partial charge in [0, 0.05) is 0 Å². The molecule has 0 heterocycles. The highest BCUT2D eigenvalue weighted by molar-refractivity contribution is 7.89. The first-order valence-electron chi connectivity index (χ1n) is 3.84. The van der Waals surface area contributed by atoms with E-state index in [0.29, 0.717) is 5.69 Å². The number of anilines is 1. The van der Waals surface area contributed by atoms with Crippen LogP contribution in [0.3, 0.4) is 0 Å². The molecule has 1 rings (SSSR count). The maximum Gasteiger partial charge on any atom is 0.330 e. The van der Waals surface area contributed by atoms with Gasteiger partial charge in [0.25, 0.3) is 0 Å². The van der Waals surface area contributed by atoms with Gasteiger partial charge in [0.2, 0.25) is 10.0 Å². The zero-order valence-corrected chi connectivity index (χ0v) is 8.41. The zero-order valence-electron chi connectivity index (χ0n) is 7.60. The summed E-state index contributed by atoms with van der Waals surface area (Å²) in [6, 6.07) is 4.75. The number of urea groups is 1. The van der Waals surface area contributed by atoms with E-state index in [1.807, 2.05) is 0 Å². The summed E-state index contributed by atoms with van der Waals surface area (Å²) in [4.78, 5) is 10.3. The van der Waals surface area contributed by atoms with Gasteiger partial charge in [-0.2, -0.15) is 0 Å². The number of benzene rings is 1. The molecule has 0 atom stereocenters. The van der Waals surface area contributed by atoms with Crippen molar-refractivity contribution in [1.29, 1.82) is 0 Å². The minimum Gasteiger partial charge on any atom is -0.350 e. The Bertz CT molecular complexity index is 454. The van der Waals surface area contributed by atoms with Gasteiger partial charge in [-0.25, -0.2) is 18.4 Å². The molecule has 8 heteroatoms. The number of nitrogens with two attached hydrogens (primary N) is 2. The van der Waals surface area contributed by atoms with Gasteiger partial charge in [-0.1, -0.05) is 0 Å². The van der Waals surface area contributed by atoms with E-state index in [4.69, 9.17) is 10.9 Å². The molecule has 0 aliphatic carbocycles. The zero-order chi connectivity index (χ0) is 11.5. The largest absolute Gasteiger partial charge is 0.350 e. The predicted molar refractivity (Wildman–Crippen MR) is 54.2 cm³/mol. The summed E-state index contributed by atoms with van der Waals surface area (Å²) in [7, 11) is -3.69. The molecule has 0 saturated heterocycles. The first-order chi connectivity index (χ1) is 6.89. The highest BCUT2D eigenvalue weighted by atomic mass is 32.2. The van der Waals surface area contributed by atoms with E-state index in [1.54, 1.807) is 0 Å². The molecule has 82 valence electrons. The fraction of sp³-hybridized carbons (Fsp3) is 0. The average molecular weight is 230 g/mol. The van der Waals surface area contributed by atoms with Crippen LogP contribution in [-0.2, 0) is 10.0 Å². The fourth-order valence-electron chi connectivity index (χ4n) is 0.862. The summed E-state index contributed by atoms with van der Waals surface area (Å²) in [6.45, 7) is 0. The average Bonchev–Trinajstić information content (AvgIpc) is 2.14. The maximum absolute atomic E-state index is 10.9. The predicted octanol–water partition coefficient (Wildman–Crippen LogP) is -0.671. The number of carbonyl (C=O) groups is 1. The van der Waals surface area contributed by atoms with Crippen LogP contribution in [0.2, 0.25) is 0 Å². The lowest BCUT2D eigenvalue weighted by Crippen LogP contribution is -2.34. The van der Waals surface area contributed by atoms with Gasteiger partial charge in [0.1, 0.15) is 0 Å². The third kappa shape index (κ3) is 3.44. The van der Waals surface area contributed by atoms with Gasteiger partial charge in [0.15, 0.2) is 0 Å². The minimum atomic E-state index is -3.69. The summed E-state index contributed by atoms with van der Waals surface area (Å²) in [5.41, 5.74) is 9.89. The normalized spacial score (nSPS) is 10.7. The van der Waals surface area contributed by atoms with Crippen LogP contribution in [0, 0.1) is 0 Å². The van der Waals surface area contributed by atoms with Crippen molar-refractivity contribution in [1.82, 2.24) is 5.43 Å². The SMILES string of the molecule is NC(=O)NNc1ccc(S(N)(=O)=O)cc1. The highest BCUT2D eigenvalue weighted by Crippen LogP contribution is 2.11. The Balaban J connectivity index is 2.77.